The Morgan fingerprint density at radius 1 is 1.19 bits per heavy atom. The fourth-order valence-corrected chi connectivity index (χ4v) is 3.15. The largest absolute Gasteiger partial charge is 0.415 e. The summed E-state index contributed by atoms with van der Waals surface area (Å²) >= 11 is 0. The summed E-state index contributed by atoms with van der Waals surface area (Å²) in [6.07, 6.45) is -5.56. The fraction of sp³-hybridized carbons (Fsp3) is 0.529. The third kappa shape index (κ3) is 4.40. The third-order valence-corrected chi connectivity index (χ3v) is 4.70. The number of aromatic nitrogens is 2. The Labute approximate surface area is 153 Å². The number of benzene rings is 1. The first kappa shape index (κ1) is 19.6. The van der Waals surface area contributed by atoms with Crippen molar-refractivity contribution in [2.45, 2.75) is 18.8 Å². The smallest absolute Gasteiger partial charge is 0.395 e. The first-order chi connectivity index (χ1) is 12.8. The van der Waals surface area contributed by atoms with Gasteiger partial charge in [-0.2, -0.15) is 13.2 Å². The van der Waals surface area contributed by atoms with Gasteiger partial charge in [-0.25, -0.2) is 4.98 Å². The highest BCUT2D eigenvalue weighted by Gasteiger charge is 2.39. The lowest BCUT2D eigenvalue weighted by Crippen LogP contribution is -2.50. The standard InChI is InChI=1S/C17H21F3N4O3/c18-17(19,20)15(26)10-22-3-5-23(6-4-22)12-1-2-13-14(9-12)21-11-24(7-8-25)16(13)27/h1-2,9,11,15,25-26H,3-8,10H2. The molecule has 3 rings (SSSR count). The molecule has 0 saturated carbocycles. The van der Waals surface area contributed by atoms with Gasteiger partial charge in [0.2, 0.25) is 0 Å². The lowest BCUT2D eigenvalue weighted by atomic mass is 10.2. The number of alkyl halides is 3. The zero-order chi connectivity index (χ0) is 19.6. The Morgan fingerprint density at radius 3 is 2.52 bits per heavy atom. The van der Waals surface area contributed by atoms with E-state index in [0.717, 1.165) is 5.69 Å². The molecular weight excluding hydrogens is 365 g/mol. The van der Waals surface area contributed by atoms with Crippen LogP contribution in [-0.4, -0.2) is 76.3 Å². The molecule has 0 radical (unpaired) electrons. The highest BCUT2D eigenvalue weighted by Crippen LogP contribution is 2.23. The van der Waals surface area contributed by atoms with E-state index in [0.29, 0.717) is 37.1 Å². The molecule has 2 aromatic rings. The van der Waals surface area contributed by atoms with Crippen LogP contribution in [0.5, 0.6) is 0 Å². The molecule has 148 valence electrons. The summed E-state index contributed by atoms with van der Waals surface area (Å²) in [5.74, 6) is 0. The molecule has 0 bridgehead atoms. The average molecular weight is 386 g/mol. The number of nitrogens with zero attached hydrogens (tertiary/aromatic N) is 4. The van der Waals surface area contributed by atoms with Crippen molar-refractivity contribution in [2.24, 2.45) is 0 Å². The lowest BCUT2D eigenvalue weighted by molar-refractivity contribution is -0.208. The van der Waals surface area contributed by atoms with Crippen molar-refractivity contribution >= 4 is 16.6 Å². The molecule has 27 heavy (non-hydrogen) atoms. The van der Waals surface area contributed by atoms with Gasteiger partial charge in [-0.05, 0) is 18.2 Å². The molecule has 10 heteroatoms. The number of piperazine rings is 1. The van der Waals surface area contributed by atoms with Gasteiger partial charge in [-0.1, -0.05) is 0 Å². The second-order valence-electron chi connectivity index (χ2n) is 6.51. The second-order valence-corrected chi connectivity index (χ2v) is 6.51. The summed E-state index contributed by atoms with van der Waals surface area (Å²) in [7, 11) is 0. The lowest BCUT2D eigenvalue weighted by Gasteiger charge is -2.37. The van der Waals surface area contributed by atoms with Gasteiger partial charge in [0.15, 0.2) is 6.10 Å². The predicted molar refractivity (Wildman–Crippen MR) is 93.8 cm³/mol. The zero-order valence-corrected chi connectivity index (χ0v) is 14.6. The predicted octanol–water partition coefficient (Wildman–Crippen LogP) is 0.434. The molecule has 0 aliphatic carbocycles. The first-order valence-corrected chi connectivity index (χ1v) is 8.62. The quantitative estimate of drug-likeness (QED) is 0.776. The number of hydrogen-bond acceptors (Lipinski definition) is 6. The SMILES string of the molecule is O=c1c2ccc(N3CCN(CC(O)C(F)(F)F)CC3)cc2ncn1CCO. The molecule has 2 heterocycles. The van der Waals surface area contributed by atoms with Gasteiger partial charge in [-0.3, -0.25) is 14.3 Å². The Hall–Kier alpha value is -2.17. The van der Waals surface area contributed by atoms with E-state index in [1.54, 1.807) is 23.1 Å². The number of aliphatic hydroxyl groups excluding tert-OH is 2. The van der Waals surface area contributed by atoms with Crippen LogP contribution in [0.3, 0.4) is 0 Å². The van der Waals surface area contributed by atoms with Crippen LogP contribution >= 0.6 is 0 Å². The molecule has 2 N–H and O–H groups in total. The molecular formula is C17H21F3N4O3. The molecule has 0 spiro atoms. The van der Waals surface area contributed by atoms with Crippen LogP contribution in [0.25, 0.3) is 10.9 Å². The van der Waals surface area contributed by atoms with Gasteiger partial charge >= 0.3 is 6.18 Å². The third-order valence-electron chi connectivity index (χ3n) is 4.70. The van der Waals surface area contributed by atoms with Crippen LogP contribution in [0, 0.1) is 0 Å². The Bertz CT molecular complexity index is 847. The van der Waals surface area contributed by atoms with E-state index in [-0.39, 0.29) is 18.7 Å². The van der Waals surface area contributed by atoms with Gasteiger partial charge < -0.3 is 15.1 Å². The van der Waals surface area contributed by atoms with Crippen molar-refractivity contribution in [3.05, 3.63) is 34.9 Å². The second kappa shape index (κ2) is 7.83. The minimum absolute atomic E-state index is 0.154. The number of anilines is 1. The van der Waals surface area contributed by atoms with Gasteiger partial charge in [-0.15, -0.1) is 0 Å². The summed E-state index contributed by atoms with van der Waals surface area (Å²) in [6, 6.07) is 5.24. The van der Waals surface area contributed by atoms with E-state index in [1.165, 1.54) is 10.9 Å². The minimum Gasteiger partial charge on any atom is -0.395 e. The molecule has 0 amide bonds. The molecule has 1 aromatic heterocycles. The highest BCUT2D eigenvalue weighted by atomic mass is 19.4. The van der Waals surface area contributed by atoms with E-state index < -0.39 is 18.8 Å². The van der Waals surface area contributed by atoms with Crippen molar-refractivity contribution < 1.29 is 23.4 Å². The maximum absolute atomic E-state index is 12.5. The number of hydrogen-bond donors (Lipinski definition) is 2. The summed E-state index contributed by atoms with van der Waals surface area (Å²) < 4.78 is 38.7. The number of rotatable bonds is 5. The zero-order valence-electron chi connectivity index (χ0n) is 14.6. The van der Waals surface area contributed by atoms with Crippen LogP contribution in [-0.2, 0) is 6.54 Å². The molecule has 1 aromatic carbocycles. The molecule has 7 nitrogen and oxygen atoms in total. The maximum atomic E-state index is 12.5. The van der Waals surface area contributed by atoms with Crippen LogP contribution in [0.4, 0.5) is 18.9 Å². The van der Waals surface area contributed by atoms with Crippen molar-refractivity contribution in [1.82, 2.24) is 14.5 Å². The normalized spacial score (nSPS) is 17.4. The minimum atomic E-state index is -4.61. The van der Waals surface area contributed by atoms with E-state index >= 15 is 0 Å². The molecule has 1 aliphatic rings. The molecule has 1 unspecified atom stereocenters. The van der Waals surface area contributed by atoms with Gasteiger partial charge in [0.25, 0.3) is 5.56 Å². The van der Waals surface area contributed by atoms with Crippen molar-refractivity contribution in [2.75, 3.05) is 44.2 Å². The van der Waals surface area contributed by atoms with Crippen molar-refractivity contribution in [1.29, 1.82) is 0 Å². The van der Waals surface area contributed by atoms with Gasteiger partial charge in [0.1, 0.15) is 0 Å². The molecule has 1 aliphatic heterocycles. The van der Waals surface area contributed by atoms with Gasteiger partial charge in [0, 0.05) is 38.4 Å². The summed E-state index contributed by atoms with van der Waals surface area (Å²) in [5.41, 5.74) is 1.14. The number of β-amino-alcohol motifs (C(OH)–C–C–N with tert-alkyl or cyclic N) is 1. The molecule has 1 saturated heterocycles. The first-order valence-electron chi connectivity index (χ1n) is 8.62. The maximum Gasteiger partial charge on any atom is 0.415 e. The van der Waals surface area contributed by atoms with E-state index in [1.807, 2.05) is 4.90 Å². The van der Waals surface area contributed by atoms with E-state index in [9.17, 15) is 23.1 Å². The van der Waals surface area contributed by atoms with Crippen molar-refractivity contribution in [3.8, 4) is 0 Å². The Balaban J connectivity index is 1.69. The van der Waals surface area contributed by atoms with Crippen LogP contribution in [0.2, 0.25) is 0 Å². The van der Waals surface area contributed by atoms with Crippen LogP contribution in [0.15, 0.2) is 29.3 Å². The fourth-order valence-electron chi connectivity index (χ4n) is 3.15. The van der Waals surface area contributed by atoms with Gasteiger partial charge in [0.05, 0.1) is 30.4 Å². The Kier molecular flexibility index (Phi) is 5.68. The average Bonchev–Trinajstić information content (AvgIpc) is 2.64. The summed E-state index contributed by atoms with van der Waals surface area (Å²) in [6.45, 7) is 1.41. The monoisotopic (exact) mass is 386 g/mol. The molecule has 1 fully saturated rings. The van der Waals surface area contributed by atoms with E-state index in [4.69, 9.17) is 5.11 Å². The van der Waals surface area contributed by atoms with Crippen LogP contribution in [0.1, 0.15) is 0 Å². The summed E-state index contributed by atoms with van der Waals surface area (Å²) in [4.78, 5) is 20.2. The van der Waals surface area contributed by atoms with E-state index in [2.05, 4.69) is 4.98 Å². The molecule has 1 atom stereocenters. The number of aliphatic hydroxyl groups is 2. The summed E-state index contributed by atoms with van der Waals surface area (Å²) in [5, 5.41) is 18.6. The topological polar surface area (TPSA) is 81.8 Å². The number of halogens is 3. The highest BCUT2D eigenvalue weighted by molar-refractivity contribution is 5.81. The number of fused-ring (bicyclic) bond motifs is 1. The Morgan fingerprint density at radius 2 is 1.89 bits per heavy atom. The van der Waals surface area contributed by atoms with Crippen LogP contribution < -0.4 is 10.5 Å². The van der Waals surface area contributed by atoms with Crippen molar-refractivity contribution in [3.63, 3.8) is 0 Å².